The summed E-state index contributed by atoms with van der Waals surface area (Å²) >= 11 is 0. The summed E-state index contributed by atoms with van der Waals surface area (Å²) in [4.78, 5) is 25.2. The van der Waals surface area contributed by atoms with Crippen molar-refractivity contribution in [2.24, 2.45) is 12.8 Å². The first kappa shape index (κ1) is 17.2. The molecule has 1 aromatic rings. The lowest BCUT2D eigenvalue weighted by Crippen LogP contribution is -2.51. The summed E-state index contributed by atoms with van der Waals surface area (Å²) in [5, 5.41) is 4.06. The van der Waals surface area contributed by atoms with Crippen LogP contribution in [0.15, 0.2) is 18.3 Å². The number of nitrogens with zero attached hydrogens (tertiary/aromatic N) is 3. The van der Waals surface area contributed by atoms with Gasteiger partial charge in [0.05, 0.1) is 11.3 Å². The van der Waals surface area contributed by atoms with E-state index in [1.54, 1.807) is 35.0 Å². The van der Waals surface area contributed by atoms with Gasteiger partial charge in [-0.25, -0.2) is 0 Å². The van der Waals surface area contributed by atoms with E-state index in [4.69, 9.17) is 10.5 Å². The molecular formula is C16H24N4O3. The number of hydrogen-bond donors (Lipinski definition) is 1. The highest BCUT2D eigenvalue weighted by Gasteiger charge is 2.36. The number of aryl methyl sites for hydroxylation is 1. The number of aromatic nitrogens is 2. The molecule has 1 atom stereocenters. The lowest BCUT2D eigenvalue weighted by molar-refractivity contribution is -0.136. The van der Waals surface area contributed by atoms with Gasteiger partial charge in [-0.2, -0.15) is 5.10 Å². The Morgan fingerprint density at radius 2 is 2.30 bits per heavy atom. The van der Waals surface area contributed by atoms with Crippen LogP contribution < -0.4 is 5.73 Å². The zero-order valence-electron chi connectivity index (χ0n) is 13.7. The van der Waals surface area contributed by atoms with Gasteiger partial charge in [-0.15, -0.1) is 0 Å². The summed E-state index contributed by atoms with van der Waals surface area (Å²) in [7, 11) is 3.45. The van der Waals surface area contributed by atoms with Crippen LogP contribution in [0.1, 0.15) is 31.4 Å². The average molecular weight is 320 g/mol. The van der Waals surface area contributed by atoms with E-state index in [9.17, 15) is 9.59 Å². The number of hydrogen-bond acceptors (Lipinski definition) is 4. The number of primary amides is 1. The van der Waals surface area contributed by atoms with Crippen molar-refractivity contribution in [1.82, 2.24) is 14.7 Å². The summed E-state index contributed by atoms with van der Waals surface area (Å²) in [6.07, 6.45) is 7.46. The first-order chi connectivity index (χ1) is 11.0. The Kier molecular flexibility index (Phi) is 5.54. The van der Waals surface area contributed by atoms with Crippen molar-refractivity contribution in [3.8, 4) is 0 Å². The second kappa shape index (κ2) is 7.41. The van der Waals surface area contributed by atoms with Gasteiger partial charge in [-0.1, -0.05) is 0 Å². The highest BCUT2D eigenvalue weighted by atomic mass is 16.5. The van der Waals surface area contributed by atoms with Crippen molar-refractivity contribution in [1.29, 1.82) is 0 Å². The van der Waals surface area contributed by atoms with Gasteiger partial charge in [0, 0.05) is 45.9 Å². The lowest BCUT2D eigenvalue weighted by Gasteiger charge is -2.41. The summed E-state index contributed by atoms with van der Waals surface area (Å²) in [6.45, 7) is 1.17. The third-order valence-corrected chi connectivity index (χ3v) is 4.37. The quantitative estimate of drug-likeness (QED) is 0.781. The van der Waals surface area contributed by atoms with Crippen LogP contribution in [-0.2, 0) is 21.4 Å². The van der Waals surface area contributed by atoms with Gasteiger partial charge in [-0.05, 0) is 31.4 Å². The van der Waals surface area contributed by atoms with Crippen LogP contribution >= 0.6 is 0 Å². The molecule has 0 aromatic carbocycles. The number of ether oxygens (including phenoxy) is 1. The maximum absolute atomic E-state index is 12.4. The molecule has 2 heterocycles. The number of likely N-dealkylation sites (tertiary alicyclic amines) is 1. The van der Waals surface area contributed by atoms with Crippen molar-refractivity contribution in [3.05, 3.63) is 24.0 Å². The zero-order valence-corrected chi connectivity index (χ0v) is 13.7. The zero-order chi connectivity index (χ0) is 16.9. The third kappa shape index (κ3) is 4.41. The summed E-state index contributed by atoms with van der Waals surface area (Å²) in [5.41, 5.74) is 5.62. The smallest absolute Gasteiger partial charge is 0.246 e. The van der Waals surface area contributed by atoms with E-state index in [-0.39, 0.29) is 18.2 Å². The molecule has 1 aliphatic heterocycles. The van der Waals surface area contributed by atoms with E-state index in [2.05, 4.69) is 5.10 Å². The molecule has 1 unspecified atom stereocenters. The van der Waals surface area contributed by atoms with Gasteiger partial charge in [0.2, 0.25) is 11.8 Å². The molecule has 0 saturated carbocycles. The van der Waals surface area contributed by atoms with Crippen molar-refractivity contribution in [2.75, 3.05) is 20.2 Å². The lowest BCUT2D eigenvalue weighted by atomic mass is 9.87. The molecule has 7 nitrogen and oxygen atoms in total. The Hall–Kier alpha value is -2.15. The number of rotatable bonds is 6. The van der Waals surface area contributed by atoms with Gasteiger partial charge in [0.1, 0.15) is 0 Å². The monoisotopic (exact) mass is 320 g/mol. The molecule has 0 radical (unpaired) electrons. The molecule has 23 heavy (non-hydrogen) atoms. The van der Waals surface area contributed by atoms with E-state index >= 15 is 0 Å². The van der Waals surface area contributed by atoms with E-state index in [1.165, 1.54) is 0 Å². The Balaban J connectivity index is 2.01. The van der Waals surface area contributed by atoms with Gasteiger partial charge >= 0.3 is 0 Å². The van der Waals surface area contributed by atoms with Crippen molar-refractivity contribution in [3.63, 3.8) is 0 Å². The largest absolute Gasteiger partial charge is 0.376 e. The number of nitrogens with two attached hydrogens (primary N) is 1. The Morgan fingerprint density at radius 3 is 2.91 bits per heavy atom. The first-order valence-corrected chi connectivity index (χ1v) is 7.74. The van der Waals surface area contributed by atoms with Crippen LogP contribution in [-0.4, -0.2) is 52.3 Å². The van der Waals surface area contributed by atoms with Crippen LogP contribution in [0.3, 0.4) is 0 Å². The van der Waals surface area contributed by atoms with Crippen LogP contribution in [0.25, 0.3) is 6.08 Å². The first-order valence-electron chi connectivity index (χ1n) is 7.74. The van der Waals surface area contributed by atoms with Crippen molar-refractivity contribution < 1.29 is 14.3 Å². The molecular weight excluding hydrogens is 296 g/mol. The predicted octanol–water partition coefficient (Wildman–Crippen LogP) is 0.706. The number of carbonyl (C=O) groups is 2. The SMILES string of the molecule is COC1(CCC(N)=O)CCCN(C(=O)/C=C/c2ccnn2C)C1. The molecule has 1 saturated heterocycles. The van der Waals surface area contributed by atoms with Crippen LogP contribution in [0.4, 0.5) is 0 Å². The molecule has 2 amide bonds. The molecule has 0 aliphatic carbocycles. The maximum atomic E-state index is 12.4. The Labute approximate surface area is 136 Å². The molecule has 126 valence electrons. The fourth-order valence-electron chi connectivity index (χ4n) is 2.92. The Morgan fingerprint density at radius 1 is 1.52 bits per heavy atom. The number of amides is 2. The average Bonchev–Trinajstić information content (AvgIpc) is 2.96. The molecule has 2 rings (SSSR count). The van der Waals surface area contributed by atoms with E-state index in [0.717, 1.165) is 18.5 Å². The second-order valence-corrected chi connectivity index (χ2v) is 5.93. The Bertz CT molecular complexity index is 596. The minimum absolute atomic E-state index is 0.0635. The number of piperidine rings is 1. The minimum Gasteiger partial charge on any atom is -0.376 e. The van der Waals surface area contributed by atoms with Crippen LogP contribution in [0, 0.1) is 0 Å². The fourth-order valence-corrected chi connectivity index (χ4v) is 2.92. The molecule has 1 aromatic heterocycles. The molecule has 0 bridgehead atoms. The van der Waals surface area contributed by atoms with Crippen molar-refractivity contribution >= 4 is 17.9 Å². The van der Waals surface area contributed by atoms with Crippen LogP contribution in [0.5, 0.6) is 0 Å². The van der Waals surface area contributed by atoms with Gasteiger partial charge in [0.25, 0.3) is 0 Å². The predicted molar refractivity (Wildman–Crippen MR) is 86.2 cm³/mol. The van der Waals surface area contributed by atoms with Gasteiger partial charge < -0.3 is 15.4 Å². The van der Waals surface area contributed by atoms with E-state index in [1.807, 2.05) is 13.1 Å². The normalized spacial score (nSPS) is 21.7. The topological polar surface area (TPSA) is 90.4 Å². The molecule has 0 spiro atoms. The summed E-state index contributed by atoms with van der Waals surface area (Å²) in [6, 6.07) is 1.84. The standard InChI is InChI=1S/C16H24N4O3/c1-19-13(7-10-18-19)4-5-15(22)20-11-3-8-16(12-20,23-2)9-6-14(17)21/h4-5,7,10H,3,6,8-9,11-12H2,1-2H3,(H2,17,21)/b5-4+. The van der Waals surface area contributed by atoms with Gasteiger partial charge in [0.15, 0.2) is 0 Å². The highest BCUT2D eigenvalue weighted by molar-refractivity contribution is 5.91. The highest BCUT2D eigenvalue weighted by Crippen LogP contribution is 2.29. The number of carbonyl (C=O) groups excluding carboxylic acids is 2. The molecule has 2 N–H and O–H groups in total. The minimum atomic E-state index is -0.483. The third-order valence-electron chi connectivity index (χ3n) is 4.37. The van der Waals surface area contributed by atoms with Crippen LogP contribution in [0.2, 0.25) is 0 Å². The molecule has 7 heteroatoms. The number of methoxy groups -OCH3 is 1. The summed E-state index contributed by atoms with van der Waals surface area (Å²) < 4.78 is 7.34. The van der Waals surface area contributed by atoms with E-state index < -0.39 is 5.60 Å². The van der Waals surface area contributed by atoms with E-state index in [0.29, 0.717) is 19.5 Å². The second-order valence-electron chi connectivity index (χ2n) is 5.93. The summed E-state index contributed by atoms with van der Waals surface area (Å²) in [5.74, 6) is -0.410. The molecule has 1 aliphatic rings. The van der Waals surface area contributed by atoms with Crippen molar-refractivity contribution in [2.45, 2.75) is 31.3 Å². The van der Waals surface area contributed by atoms with Gasteiger partial charge in [-0.3, -0.25) is 14.3 Å². The fraction of sp³-hybridized carbons (Fsp3) is 0.562. The molecule has 1 fully saturated rings. The maximum Gasteiger partial charge on any atom is 0.246 e.